The van der Waals surface area contributed by atoms with Crippen LogP contribution in [0.5, 0.6) is 0 Å². The second kappa shape index (κ2) is 6.76. The molecule has 1 atom stereocenters. The van der Waals surface area contributed by atoms with Gasteiger partial charge in [-0.05, 0) is 50.3 Å². The van der Waals surface area contributed by atoms with Crippen molar-refractivity contribution in [2.75, 3.05) is 6.54 Å². The van der Waals surface area contributed by atoms with Crippen molar-refractivity contribution in [1.82, 2.24) is 10.3 Å². The van der Waals surface area contributed by atoms with Crippen LogP contribution < -0.4 is 5.32 Å². The van der Waals surface area contributed by atoms with E-state index in [1.807, 2.05) is 0 Å². The Labute approximate surface area is 116 Å². The van der Waals surface area contributed by atoms with Gasteiger partial charge >= 0.3 is 0 Å². The molecular weight excluding hydrogens is 232 g/mol. The second-order valence-electron chi connectivity index (χ2n) is 5.94. The van der Waals surface area contributed by atoms with E-state index in [1.165, 1.54) is 29.3 Å². The zero-order chi connectivity index (χ0) is 13.7. The number of rotatable bonds is 7. The molecular formula is C17H26N2. The highest BCUT2D eigenvalue weighted by Gasteiger charge is 2.05. The quantitative estimate of drug-likeness (QED) is 0.768. The molecule has 0 aliphatic heterocycles. The molecule has 0 aliphatic rings. The molecule has 0 radical (unpaired) electrons. The summed E-state index contributed by atoms with van der Waals surface area (Å²) in [4.78, 5) is 3.34. The van der Waals surface area contributed by atoms with E-state index in [4.69, 9.17) is 0 Å². The zero-order valence-electron chi connectivity index (χ0n) is 12.4. The normalized spacial score (nSPS) is 13.3. The van der Waals surface area contributed by atoms with Gasteiger partial charge in [0.05, 0.1) is 0 Å². The number of para-hydroxylation sites is 1. The van der Waals surface area contributed by atoms with Crippen molar-refractivity contribution in [3.8, 4) is 0 Å². The zero-order valence-corrected chi connectivity index (χ0v) is 12.4. The van der Waals surface area contributed by atoms with Gasteiger partial charge in [-0.25, -0.2) is 0 Å². The molecule has 0 bridgehead atoms. The third-order valence-electron chi connectivity index (χ3n) is 3.74. The first kappa shape index (κ1) is 14.1. The number of nitrogens with one attached hydrogen (secondary N) is 2. The fraction of sp³-hybridized carbons (Fsp3) is 0.529. The molecule has 2 N–H and O–H groups in total. The lowest BCUT2D eigenvalue weighted by Crippen LogP contribution is -2.28. The molecule has 0 aliphatic carbocycles. The van der Waals surface area contributed by atoms with Gasteiger partial charge in [-0.15, -0.1) is 0 Å². The Morgan fingerprint density at radius 2 is 1.89 bits per heavy atom. The maximum atomic E-state index is 3.63. The molecule has 0 fully saturated rings. The Morgan fingerprint density at radius 1 is 1.11 bits per heavy atom. The molecule has 2 rings (SSSR count). The minimum absolute atomic E-state index is 0.618. The summed E-state index contributed by atoms with van der Waals surface area (Å²) in [6.07, 6.45) is 5.81. The average molecular weight is 258 g/mol. The van der Waals surface area contributed by atoms with E-state index in [0.29, 0.717) is 6.04 Å². The molecule has 1 unspecified atom stereocenters. The van der Waals surface area contributed by atoms with E-state index < -0.39 is 0 Å². The predicted molar refractivity (Wildman–Crippen MR) is 83.5 cm³/mol. The monoisotopic (exact) mass is 258 g/mol. The van der Waals surface area contributed by atoms with E-state index in [2.05, 4.69) is 61.5 Å². The Kier molecular flexibility index (Phi) is 5.03. The topological polar surface area (TPSA) is 27.8 Å². The standard InChI is InChI=1S/C17H26N2/c1-13(2)8-9-14(3)18-11-10-15-12-19-17-7-5-4-6-16(15)17/h4-7,12-14,18-19H,8-11H2,1-3H3. The van der Waals surface area contributed by atoms with E-state index in [-0.39, 0.29) is 0 Å². The molecule has 104 valence electrons. The van der Waals surface area contributed by atoms with Gasteiger partial charge in [0, 0.05) is 23.1 Å². The number of hydrogen-bond acceptors (Lipinski definition) is 1. The maximum absolute atomic E-state index is 3.63. The predicted octanol–water partition coefficient (Wildman–Crippen LogP) is 4.12. The van der Waals surface area contributed by atoms with Crippen LogP contribution in [0.15, 0.2) is 30.5 Å². The summed E-state index contributed by atoms with van der Waals surface area (Å²) < 4.78 is 0. The van der Waals surface area contributed by atoms with E-state index in [0.717, 1.165) is 18.9 Å². The van der Waals surface area contributed by atoms with Crippen molar-refractivity contribution in [3.63, 3.8) is 0 Å². The molecule has 1 aromatic carbocycles. The highest BCUT2D eigenvalue weighted by molar-refractivity contribution is 5.83. The number of benzene rings is 1. The third-order valence-corrected chi connectivity index (χ3v) is 3.74. The first-order chi connectivity index (χ1) is 9.16. The molecule has 0 spiro atoms. The van der Waals surface area contributed by atoms with Crippen molar-refractivity contribution in [3.05, 3.63) is 36.0 Å². The highest BCUT2D eigenvalue weighted by atomic mass is 14.9. The lowest BCUT2D eigenvalue weighted by Gasteiger charge is -2.14. The number of hydrogen-bond donors (Lipinski definition) is 2. The van der Waals surface area contributed by atoms with Crippen LogP contribution in [-0.4, -0.2) is 17.6 Å². The average Bonchev–Trinajstić information content (AvgIpc) is 2.80. The number of fused-ring (bicyclic) bond motifs is 1. The lowest BCUT2D eigenvalue weighted by molar-refractivity contribution is 0.454. The molecule has 19 heavy (non-hydrogen) atoms. The van der Waals surface area contributed by atoms with Crippen LogP contribution in [0.2, 0.25) is 0 Å². The molecule has 0 saturated heterocycles. The van der Waals surface area contributed by atoms with Crippen LogP contribution in [0.3, 0.4) is 0 Å². The summed E-state index contributed by atoms with van der Waals surface area (Å²) in [5, 5.41) is 4.99. The van der Waals surface area contributed by atoms with Crippen molar-refractivity contribution >= 4 is 10.9 Å². The third kappa shape index (κ3) is 4.10. The fourth-order valence-corrected chi connectivity index (χ4v) is 2.48. The first-order valence-electron chi connectivity index (χ1n) is 7.45. The van der Waals surface area contributed by atoms with Crippen LogP contribution in [0.1, 0.15) is 39.2 Å². The van der Waals surface area contributed by atoms with Gasteiger partial charge in [-0.2, -0.15) is 0 Å². The van der Waals surface area contributed by atoms with Gasteiger partial charge < -0.3 is 10.3 Å². The molecule has 2 heteroatoms. The van der Waals surface area contributed by atoms with Crippen LogP contribution >= 0.6 is 0 Å². The van der Waals surface area contributed by atoms with Crippen molar-refractivity contribution < 1.29 is 0 Å². The maximum Gasteiger partial charge on any atom is 0.0456 e. The largest absolute Gasteiger partial charge is 0.361 e. The fourth-order valence-electron chi connectivity index (χ4n) is 2.48. The summed E-state index contributed by atoms with van der Waals surface area (Å²) in [6.45, 7) is 7.93. The van der Waals surface area contributed by atoms with Gasteiger partial charge in [0.1, 0.15) is 0 Å². The smallest absolute Gasteiger partial charge is 0.0456 e. The van der Waals surface area contributed by atoms with E-state index in [1.54, 1.807) is 0 Å². The van der Waals surface area contributed by atoms with Crippen LogP contribution in [0, 0.1) is 5.92 Å². The van der Waals surface area contributed by atoms with Gasteiger partial charge in [-0.1, -0.05) is 32.0 Å². The summed E-state index contributed by atoms with van der Waals surface area (Å²) in [5.41, 5.74) is 2.66. The van der Waals surface area contributed by atoms with Crippen LogP contribution in [0.25, 0.3) is 10.9 Å². The van der Waals surface area contributed by atoms with Crippen LogP contribution in [0.4, 0.5) is 0 Å². The number of aromatic nitrogens is 1. The number of aromatic amines is 1. The summed E-state index contributed by atoms with van der Waals surface area (Å²) in [5.74, 6) is 0.804. The lowest BCUT2D eigenvalue weighted by atomic mass is 10.0. The van der Waals surface area contributed by atoms with Crippen molar-refractivity contribution in [2.24, 2.45) is 5.92 Å². The van der Waals surface area contributed by atoms with Crippen molar-refractivity contribution in [1.29, 1.82) is 0 Å². The van der Waals surface area contributed by atoms with Crippen molar-refractivity contribution in [2.45, 2.75) is 46.1 Å². The molecule has 0 amide bonds. The Bertz CT molecular complexity index is 499. The van der Waals surface area contributed by atoms with Gasteiger partial charge in [0.15, 0.2) is 0 Å². The van der Waals surface area contributed by atoms with Gasteiger partial charge in [0.2, 0.25) is 0 Å². The number of H-pyrrole nitrogens is 1. The Hall–Kier alpha value is -1.28. The SMILES string of the molecule is CC(C)CCC(C)NCCc1c[nH]c2ccccc12. The molecule has 0 saturated carbocycles. The minimum Gasteiger partial charge on any atom is -0.361 e. The van der Waals surface area contributed by atoms with E-state index >= 15 is 0 Å². The molecule has 1 aromatic heterocycles. The Balaban J connectivity index is 1.79. The first-order valence-corrected chi connectivity index (χ1v) is 7.45. The molecule has 1 heterocycles. The van der Waals surface area contributed by atoms with E-state index in [9.17, 15) is 0 Å². The molecule has 2 nitrogen and oxygen atoms in total. The summed E-state index contributed by atoms with van der Waals surface area (Å²) in [7, 11) is 0. The minimum atomic E-state index is 0.618. The second-order valence-corrected chi connectivity index (χ2v) is 5.94. The van der Waals surface area contributed by atoms with Gasteiger partial charge in [0.25, 0.3) is 0 Å². The highest BCUT2D eigenvalue weighted by Crippen LogP contribution is 2.17. The van der Waals surface area contributed by atoms with Crippen LogP contribution in [-0.2, 0) is 6.42 Å². The Morgan fingerprint density at radius 3 is 2.68 bits per heavy atom. The molecule has 2 aromatic rings. The van der Waals surface area contributed by atoms with Gasteiger partial charge in [-0.3, -0.25) is 0 Å². The summed E-state index contributed by atoms with van der Waals surface area (Å²) >= 11 is 0. The summed E-state index contributed by atoms with van der Waals surface area (Å²) in [6, 6.07) is 9.14.